The van der Waals surface area contributed by atoms with E-state index in [9.17, 15) is 18.4 Å². The zero-order chi connectivity index (χ0) is 24.9. The van der Waals surface area contributed by atoms with Gasteiger partial charge in [-0.3, -0.25) is 4.79 Å². The van der Waals surface area contributed by atoms with Crippen LogP contribution in [0.15, 0.2) is 12.1 Å². The molecule has 10 heteroatoms. The van der Waals surface area contributed by atoms with E-state index in [0.717, 1.165) is 0 Å². The molecule has 2 saturated heterocycles. The molecule has 7 nitrogen and oxygen atoms in total. The van der Waals surface area contributed by atoms with Gasteiger partial charge in [-0.2, -0.15) is 0 Å². The number of piperazine rings is 1. The molecule has 2 amide bonds. The Morgan fingerprint density at radius 1 is 1.06 bits per heavy atom. The molecule has 0 aromatic heterocycles. The van der Waals surface area contributed by atoms with Crippen LogP contribution in [0.1, 0.15) is 65.7 Å². The highest BCUT2D eigenvalue weighted by atomic mass is 19.2. The molecule has 0 N–H and O–H groups in total. The van der Waals surface area contributed by atoms with Crippen LogP contribution in [0, 0.1) is 11.6 Å². The highest BCUT2D eigenvalue weighted by Crippen LogP contribution is 2.36. The molecule has 2 fully saturated rings. The van der Waals surface area contributed by atoms with Gasteiger partial charge in [0.15, 0.2) is 11.6 Å². The van der Waals surface area contributed by atoms with Crippen molar-refractivity contribution in [3.63, 3.8) is 0 Å². The second-order valence-corrected chi connectivity index (χ2v) is 10.7. The van der Waals surface area contributed by atoms with Crippen molar-refractivity contribution in [2.24, 2.45) is 0 Å². The first-order valence-electron chi connectivity index (χ1n) is 11.2. The zero-order valence-corrected chi connectivity index (χ0v) is 20.6. The number of hydrogen-bond donors (Lipinski definition) is 0. The maximum absolute atomic E-state index is 15.0. The molecule has 0 aliphatic carbocycles. The van der Waals surface area contributed by atoms with E-state index in [-0.39, 0.29) is 36.7 Å². The van der Waals surface area contributed by atoms with Gasteiger partial charge in [-0.1, -0.05) is 6.07 Å². The molecule has 1 unspecified atom stereocenters. The molecule has 1 aromatic carbocycles. The predicted molar refractivity (Wildman–Crippen MR) is 120 cm³/mol. The maximum atomic E-state index is 15.0. The second-order valence-electron chi connectivity index (χ2n) is 10.7. The fourth-order valence-electron chi connectivity index (χ4n) is 3.79. The number of ether oxygens (including phenoxy) is 1. The normalized spacial score (nSPS) is 22.5. The van der Waals surface area contributed by atoms with Crippen molar-refractivity contribution in [3.8, 4) is 0 Å². The van der Waals surface area contributed by atoms with Crippen LogP contribution in [0.4, 0.5) is 13.6 Å². The van der Waals surface area contributed by atoms with E-state index in [1.54, 1.807) is 27.7 Å². The quantitative estimate of drug-likeness (QED) is 0.626. The molecular formula is C23H33BF2N2O5. The number of carbonyl (C=O) groups excluding carboxylic acids is 2. The Labute approximate surface area is 194 Å². The summed E-state index contributed by atoms with van der Waals surface area (Å²) < 4.78 is 47.0. The summed E-state index contributed by atoms with van der Waals surface area (Å²) in [4.78, 5) is 28.3. The third-order valence-corrected chi connectivity index (χ3v) is 6.39. The van der Waals surface area contributed by atoms with Crippen molar-refractivity contribution in [1.29, 1.82) is 0 Å². The van der Waals surface area contributed by atoms with Crippen molar-refractivity contribution >= 4 is 24.6 Å². The first kappa shape index (κ1) is 25.4. The second kappa shape index (κ2) is 8.54. The molecule has 1 aromatic rings. The molecule has 2 aliphatic rings. The number of carbonyl (C=O) groups is 2. The Hall–Kier alpha value is -2.20. The lowest BCUT2D eigenvalue weighted by Gasteiger charge is -2.40. The zero-order valence-electron chi connectivity index (χ0n) is 20.6. The van der Waals surface area contributed by atoms with E-state index < -0.39 is 47.6 Å². The van der Waals surface area contributed by atoms with Crippen molar-refractivity contribution in [3.05, 3.63) is 29.3 Å². The fourth-order valence-corrected chi connectivity index (χ4v) is 3.79. The topological polar surface area (TPSA) is 68.3 Å². The molecule has 0 radical (unpaired) electrons. The summed E-state index contributed by atoms with van der Waals surface area (Å²) in [6, 6.07) is 2.25. The minimum Gasteiger partial charge on any atom is -0.444 e. The lowest BCUT2D eigenvalue weighted by atomic mass is 9.78. The molecule has 182 valence electrons. The maximum Gasteiger partial charge on any atom is 0.497 e. The molecule has 1 atom stereocenters. The number of halogens is 2. The van der Waals surface area contributed by atoms with E-state index in [0.29, 0.717) is 0 Å². The standard InChI is InChI=1S/C23H33BF2N2O5/c1-14-13-27(11-12-28(14)20(30)31-21(2,3)4)19(29)15-9-10-16(18(26)17(15)25)24-32-22(5,6)23(7,8)33-24/h9-10,14H,11-13H2,1-8H3. The van der Waals surface area contributed by atoms with Crippen molar-refractivity contribution in [2.75, 3.05) is 19.6 Å². The van der Waals surface area contributed by atoms with E-state index in [2.05, 4.69) is 0 Å². The van der Waals surface area contributed by atoms with Crippen LogP contribution in [0.25, 0.3) is 0 Å². The van der Waals surface area contributed by atoms with Crippen molar-refractivity contribution in [2.45, 2.75) is 78.2 Å². The molecule has 0 saturated carbocycles. The summed E-state index contributed by atoms with van der Waals surface area (Å²) in [5.41, 5.74) is -2.52. The molecule has 0 spiro atoms. The summed E-state index contributed by atoms with van der Waals surface area (Å²) >= 11 is 0. The summed E-state index contributed by atoms with van der Waals surface area (Å²) in [7, 11) is -1.08. The molecule has 2 heterocycles. The Morgan fingerprint density at radius 2 is 1.64 bits per heavy atom. The van der Waals surface area contributed by atoms with Gasteiger partial charge in [0.05, 0.1) is 16.8 Å². The summed E-state index contributed by atoms with van der Waals surface area (Å²) in [5, 5.41) is 0. The van der Waals surface area contributed by atoms with Crippen LogP contribution in [0.2, 0.25) is 0 Å². The van der Waals surface area contributed by atoms with Gasteiger partial charge in [-0.15, -0.1) is 0 Å². The lowest BCUT2D eigenvalue weighted by Crippen LogP contribution is -2.56. The number of amides is 2. The Morgan fingerprint density at radius 3 is 2.15 bits per heavy atom. The van der Waals surface area contributed by atoms with E-state index in [4.69, 9.17) is 14.0 Å². The third-order valence-electron chi connectivity index (χ3n) is 6.39. The number of hydrogen-bond acceptors (Lipinski definition) is 5. The highest BCUT2D eigenvalue weighted by Gasteiger charge is 2.52. The molecular weight excluding hydrogens is 433 g/mol. The fraction of sp³-hybridized carbons (Fsp3) is 0.652. The predicted octanol–water partition coefficient (Wildman–Crippen LogP) is 3.35. The van der Waals surface area contributed by atoms with Crippen molar-refractivity contribution in [1.82, 2.24) is 9.80 Å². The number of rotatable bonds is 2. The van der Waals surface area contributed by atoms with Crippen LogP contribution in [0.3, 0.4) is 0 Å². The average molecular weight is 466 g/mol. The van der Waals surface area contributed by atoms with Gasteiger partial charge in [0.2, 0.25) is 0 Å². The third kappa shape index (κ3) is 5.01. The van der Waals surface area contributed by atoms with Gasteiger partial charge in [-0.25, -0.2) is 13.6 Å². The van der Waals surface area contributed by atoms with Gasteiger partial charge >= 0.3 is 13.2 Å². The Balaban J connectivity index is 1.74. The monoisotopic (exact) mass is 466 g/mol. The van der Waals surface area contributed by atoms with E-state index >= 15 is 0 Å². The smallest absolute Gasteiger partial charge is 0.444 e. The lowest BCUT2D eigenvalue weighted by molar-refractivity contribution is 0.00189. The summed E-state index contributed by atoms with van der Waals surface area (Å²) in [5.74, 6) is -3.04. The van der Waals surface area contributed by atoms with E-state index in [1.807, 2.05) is 27.7 Å². The van der Waals surface area contributed by atoms with Crippen LogP contribution in [0.5, 0.6) is 0 Å². The van der Waals surface area contributed by atoms with Gasteiger partial charge in [-0.05, 0) is 61.5 Å². The Bertz CT molecular complexity index is 932. The minimum atomic E-state index is -1.24. The average Bonchev–Trinajstić information content (AvgIpc) is 2.88. The van der Waals surface area contributed by atoms with Gasteiger partial charge in [0.25, 0.3) is 5.91 Å². The SMILES string of the molecule is CC1CN(C(=O)c2ccc(B3OC(C)(C)C(C)(C)O3)c(F)c2F)CCN1C(=O)OC(C)(C)C. The van der Waals surface area contributed by atoms with Crippen molar-refractivity contribution < 1.29 is 32.4 Å². The van der Waals surface area contributed by atoms with Crippen LogP contribution >= 0.6 is 0 Å². The minimum absolute atomic E-state index is 0.0918. The number of benzene rings is 1. The summed E-state index contributed by atoms with van der Waals surface area (Å²) in [6.07, 6.45) is -0.467. The highest BCUT2D eigenvalue weighted by molar-refractivity contribution is 6.62. The Kier molecular flexibility index (Phi) is 6.58. The van der Waals surface area contributed by atoms with Crippen LogP contribution in [-0.2, 0) is 14.0 Å². The van der Waals surface area contributed by atoms with Crippen LogP contribution in [-0.4, -0.2) is 71.4 Å². The molecule has 0 bridgehead atoms. The van der Waals surface area contributed by atoms with Gasteiger partial charge in [0, 0.05) is 31.1 Å². The number of nitrogens with zero attached hydrogens (tertiary/aromatic N) is 2. The van der Waals surface area contributed by atoms with Crippen LogP contribution < -0.4 is 5.46 Å². The molecule has 3 rings (SSSR count). The van der Waals surface area contributed by atoms with Gasteiger partial charge in [0.1, 0.15) is 5.60 Å². The first-order valence-corrected chi connectivity index (χ1v) is 11.2. The summed E-state index contributed by atoms with van der Waals surface area (Å²) in [6.45, 7) is 15.0. The molecule has 2 aliphatic heterocycles. The largest absolute Gasteiger partial charge is 0.497 e. The van der Waals surface area contributed by atoms with Gasteiger partial charge < -0.3 is 23.8 Å². The van der Waals surface area contributed by atoms with E-state index in [1.165, 1.54) is 21.9 Å². The first-order chi connectivity index (χ1) is 15.0. The molecule has 33 heavy (non-hydrogen) atoms.